The second-order valence-electron chi connectivity index (χ2n) is 9.33. The molecule has 2 aromatic carbocycles. The number of rotatable bonds is 4. The standard InChI is InChI=1S/C26H28N2O6/c1-3-27-13-21-17-9-5-7-11-19(17)25(15-27,31-21)33-23(29)24(30)34-26-16-28(4-2)14-22(32-26)18-10-6-8-12-20(18)26/h5-12,21-22H,3-4,13-16H2,1-2H3. The SMILES string of the molecule is CCN1CC2OC(OC(=O)C(=O)OC34CN(CC)CC(O3)c3ccccc34)(C1)c1ccccc12. The minimum Gasteiger partial charge on any atom is -0.419 e. The number of hydrogen-bond acceptors (Lipinski definition) is 8. The highest BCUT2D eigenvalue weighted by molar-refractivity contribution is 6.29. The molecule has 4 heterocycles. The molecule has 4 bridgehead atoms. The molecule has 4 aliphatic rings. The minimum atomic E-state index is -1.33. The summed E-state index contributed by atoms with van der Waals surface area (Å²) in [6.07, 6.45) is -0.427. The molecule has 34 heavy (non-hydrogen) atoms. The van der Waals surface area contributed by atoms with Crippen molar-refractivity contribution in [3.05, 3.63) is 70.8 Å². The van der Waals surface area contributed by atoms with Gasteiger partial charge in [-0.3, -0.25) is 9.80 Å². The minimum absolute atomic E-state index is 0.213. The first-order chi connectivity index (χ1) is 16.5. The predicted octanol–water partition coefficient (Wildman–Crippen LogP) is 2.59. The highest BCUT2D eigenvalue weighted by Gasteiger charge is 2.56. The Morgan fingerprint density at radius 3 is 1.62 bits per heavy atom. The first kappa shape index (κ1) is 21.7. The van der Waals surface area contributed by atoms with Crippen LogP contribution < -0.4 is 0 Å². The molecule has 0 saturated carbocycles. The maximum Gasteiger partial charge on any atom is 0.420 e. The molecule has 2 saturated heterocycles. The smallest absolute Gasteiger partial charge is 0.419 e. The van der Waals surface area contributed by atoms with Gasteiger partial charge in [-0.25, -0.2) is 9.59 Å². The van der Waals surface area contributed by atoms with Crippen LogP contribution in [-0.2, 0) is 40.1 Å². The number of fused-ring (bicyclic) bond motifs is 10. The van der Waals surface area contributed by atoms with Crippen LogP contribution in [0, 0.1) is 0 Å². The molecule has 8 nitrogen and oxygen atoms in total. The lowest BCUT2D eigenvalue weighted by molar-refractivity contribution is -0.289. The van der Waals surface area contributed by atoms with Gasteiger partial charge in [0, 0.05) is 24.2 Å². The van der Waals surface area contributed by atoms with Crippen molar-refractivity contribution in [2.24, 2.45) is 0 Å². The molecule has 0 aromatic heterocycles. The van der Waals surface area contributed by atoms with Crippen molar-refractivity contribution in [1.29, 1.82) is 0 Å². The molecule has 4 unspecified atom stereocenters. The fourth-order valence-electron chi connectivity index (χ4n) is 5.75. The van der Waals surface area contributed by atoms with Gasteiger partial charge in [0.05, 0.1) is 13.1 Å². The summed E-state index contributed by atoms with van der Waals surface area (Å²) in [5.41, 5.74) is 3.54. The Balaban J connectivity index is 1.27. The average molecular weight is 465 g/mol. The zero-order chi connectivity index (χ0) is 23.5. The molecule has 0 spiro atoms. The summed E-state index contributed by atoms with van der Waals surface area (Å²) in [6, 6.07) is 15.4. The average Bonchev–Trinajstić information content (AvgIpc) is 3.22. The van der Waals surface area contributed by atoms with E-state index in [0.29, 0.717) is 26.2 Å². The van der Waals surface area contributed by atoms with Crippen molar-refractivity contribution >= 4 is 11.9 Å². The van der Waals surface area contributed by atoms with E-state index >= 15 is 0 Å². The molecule has 2 fully saturated rings. The van der Waals surface area contributed by atoms with E-state index in [-0.39, 0.29) is 12.2 Å². The van der Waals surface area contributed by atoms with E-state index in [9.17, 15) is 9.59 Å². The van der Waals surface area contributed by atoms with Gasteiger partial charge in [0.2, 0.25) is 0 Å². The summed E-state index contributed by atoms with van der Waals surface area (Å²) in [4.78, 5) is 30.6. The highest BCUT2D eigenvalue weighted by Crippen LogP contribution is 2.50. The third-order valence-corrected chi connectivity index (χ3v) is 7.39. The van der Waals surface area contributed by atoms with Gasteiger partial charge in [0.15, 0.2) is 0 Å². The van der Waals surface area contributed by atoms with Gasteiger partial charge in [-0.05, 0) is 24.2 Å². The molecule has 0 amide bonds. The molecule has 8 heteroatoms. The summed E-state index contributed by atoms with van der Waals surface area (Å²) < 4.78 is 24.1. The maximum atomic E-state index is 13.1. The molecule has 178 valence electrons. The van der Waals surface area contributed by atoms with Gasteiger partial charge >= 0.3 is 11.9 Å². The van der Waals surface area contributed by atoms with Crippen molar-refractivity contribution in [3.63, 3.8) is 0 Å². The second-order valence-corrected chi connectivity index (χ2v) is 9.33. The number of ether oxygens (including phenoxy) is 4. The fourth-order valence-corrected chi connectivity index (χ4v) is 5.75. The van der Waals surface area contributed by atoms with E-state index in [1.165, 1.54) is 0 Å². The molecular formula is C26H28N2O6. The van der Waals surface area contributed by atoms with Crippen LogP contribution in [0.1, 0.15) is 48.3 Å². The Morgan fingerprint density at radius 2 is 1.21 bits per heavy atom. The number of morpholine rings is 2. The molecule has 0 N–H and O–H groups in total. The van der Waals surface area contributed by atoms with Gasteiger partial charge in [-0.2, -0.15) is 0 Å². The van der Waals surface area contributed by atoms with E-state index < -0.39 is 23.5 Å². The highest BCUT2D eigenvalue weighted by atomic mass is 16.8. The summed E-state index contributed by atoms with van der Waals surface area (Å²) in [5.74, 6) is -4.83. The number of benzene rings is 2. The van der Waals surface area contributed by atoms with Gasteiger partial charge in [0.25, 0.3) is 11.6 Å². The van der Waals surface area contributed by atoms with Crippen molar-refractivity contribution in [3.8, 4) is 0 Å². The quantitative estimate of drug-likeness (QED) is 0.505. The number of hydrogen-bond donors (Lipinski definition) is 0. The van der Waals surface area contributed by atoms with Crippen molar-refractivity contribution < 1.29 is 28.5 Å². The number of carbonyl (C=O) groups excluding carboxylic acids is 2. The monoisotopic (exact) mass is 464 g/mol. The van der Waals surface area contributed by atoms with Crippen LogP contribution in [0.4, 0.5) is 0 Å². The second kappa shape index (κ2) is 7.88. The number of nitrogens with zero attached hydrogens (tertiary/aromatic N) is 2. The molecule has 2 aromatic rings. The van der Waals surface area contributed by atoms with Crippen molar-refractivity contribution in [2.45, 2.75) is 37.6 Å². The van der Waals surface area contributed by atoms with E-state index in [0.717, 1.165) is 35.3 Å². The molecule has 0 radical (unpaired) electrons. The molecule has 4 atom stereocenters. The first-order valence-corrected chi connectivity index (χ1v) is 11.9. The number of esters is 2. The van der Waals surface area contributed by atoms with Gasteiger partial charge in [0.1, 0.15) is 12.2 Å². The lowest BCUT2D eigenvalue weighted by Crippen LogP contribution is -2.52. The van der Waals surface area contributed by atoms with Crippen molar-refractivity contribution in [1.82, 2.24) is 9.80 Å². The lowest BCUT2D eigenvalue weighted by Gasteiger charge is -2.40. The zero-order valence-corrected chi connectivity index (χ0v) is 19.4. The van der Waals surface area contributed by atoms with Crippen LogP contribution in [0.2, 0.25) is 0 Å². The zero-order valence-electron chi connectivity index (χ0n) is 19.4. The Hall–Kier alpha value is -2.78. The first-order valence-electron chi connectivity index (χ1n) is 11.9. The van der Waals surface area contributed by atoms with Gasteiger partial charge in [-0.1, -0.05) is 62.4 Å². The van der Waals surface area contributed by atoms with E-state index in [4.69, 9.17) is 18.9 Å². The Labute approximate surface area is 198 Å². The van der Waals surface area contributed by atoms with E-state index in [2.05, 4.69) is 9.80 Å². The van der Waals surface area contributed by atoms with Crippen molar-refractivity contribution in [2.75, 3.05) is 39.3 Å². The third-order valence-electron chi connectivity index (χ3n) is 7.39. The summed E-state index contributed by atoms with van der Waals surface area (Å²) in [6.45, 7) is 7.77. The van der Waals surface area contributed by atoms with Crippen LogP contribution >= 0.6 is 0 Å². The summed E-state index contributed by atoms with van der Waals surface area (Å²) in [5, 5.41) is 0. The molecule has 4 aliphatic heterocycles. The number of likely N-dealkylation sites (N-methyl/N-ethyl adjacent to an activating group) is 2. The molecular weight excluding hydrogens is 436 g/mol. The largest absolute Gasteiger partial charge is 0.420 e. The van der Waals surface area contributed by atoms with Crippen LogP contribution in [0.3, 0.4) is 0 Å². The summed E-state index contributed by atoms with van der Waals surface area (Å²) in [7, 11) is 0. The maximum absolute atomic E-state index is 13.1. The predicted molar refractivity (Wildman–Crippen MR) is 120 cm³/mol. The fraction of sp³-hybridized carbons (Fsp3) is 0.462. The Bertz CT molecular complexity index is 1060. The van der Waals surface area contributed by atoms with E-state index in [1.54, 1.807) is 0 Å². The van der Waals surface area contributed by atoms with Crippen LogP contribution in [0.5, 0.6) is 0 Å². The van der Waals surface area contributed by atoms with E-state index in [1.807, 2.05) is 62.4 Å². The molecule has 6 rings (SSSR count). The molecule has 0 aliphatic carbocycles. The lowest BCUT2D eigenvalue weighted by atomic mass is 10.0. The van der Waals surface area contributed by atoms with Gasteiger partial charge < -0.3 is 18.9 Å². The normalized spacial score (nSPS) is 31.6. The van der Waals surface area contributed by atoms with Crippen LogP contribution in [-0.4, -0.2) is 61.0 Å². The topological polar surface area (TPSA) is 77.5 Å². The Kier molecular flexibility index (Phi) is 5.04. The number of carbonyl (C=O) groups is 2. The van der Waals surface area contributed by atoms with Crippen LogP contribution in [0.15, 0.2) is 48.5 Å². The van der Waals surface area contributed by atoms with Crippen LogP contribution in [0.25, 0.3) is 0 Å². The third kappa shape index (κ3) is 3.20. The Morgan fingerprint density at radius 1 is 0.794 bits per heavy atom. The summed E-state index contributed by atoms with van der Waals surface area (Å²) >= 11 is 0. The van der Waals surface area contributed by atoms with Gasteiger partial charge in [-0.15, -0.1) is 0 Å².